The van der Waals surface area contributed by atoms with Gasteiger partial charge in [0.15, 0.2) is 0 Å². The second-order valence-electron chi connectivity index (χ2n) is 7.78. The highest BCUT2D eigenvalue weighted by Crippen LogP contribution is 2.21. The standard InChI is InChI=1S/C25H29N3O2S/c1-2-14-28(24(29)19-31-18-21-10-8-20(17-26)9-11-21)23-12-15-27(16-13-23)25(30)22-6-4-3-5-7-22/h3-11,23H,2,12-16,18-19H2,1H3. The number of amides is 2. The van der Waals surface area contributed by atoms with Gasteiger partial charge in [-0.05, 0) is 49.1 Å². The van der Waals surface area contributed by atoms with Crippen molar-refractivity contribution in [3.05, 3.63) is 71.3 Å². The summed E-state index contributed by atoms with van der Waals surface area (Å²) in [6, 6.07) is 19.2. The number of carbonyl (C=O) groups is 2. The Morgan fingerprint density at radius 1 is 1.10 bits per heavy atom. The van der Waals surface area contributed by atoms with E-state index in [4.69, 9.17) is 5.26 Å². The number of thioether (sulfide) groups is 1. The lowest BCUT2D eigenvalue weighted by Crippen LogP contribution is -2.49. The predicted molar refractivity (Wildman–Crippen MR) is 125 cm³/mol. The second kappa shape index (κ2) is 11.6. The van der Waals surface area contributed by atoms with Crippen molar-refractivity contribution in [2.75, 3.05) is 25.4 Å². The van der Waals surface area contributed by atoms with Crippen molar-refractivity contribution in [3.63, 3.8) is 0 Å². The normalized spacial score (nSPS) is 14.1. The summed E-state index contributed by atoms with van der Waals surface area (Å²) in [6.45, 7) is 4.22. The van der Waals surface area contributed by atoms with E-state index in [1.165, 1.54) is 0 Å². The van der Waals surface area contributed by atoms with Gasteiger partial charge in [0.2, 0.25) is 5.91 Å². The van der Waals surface area contributed by atoms with Gasteiger partial charge in [-0.25, -0.2) is 0 Å². The van der Waals surface area contributed by atoms with E-state index in [0.717, 1.165) is 42.7 Å². The number of nitriles is 1. The van der Waals surface area contributed by atoms with Gasteiger partial charge in [-0.2, -0.15) is 5.26 Å². The summed E-state index contributed by atoms with van der Waals surface area (Å²) in [5.41, 5.74) is 2.49. The fraction of sp³-hybridized carbons (Fsp3) is 0.400. The van der Waals surface area contributed by atoms with Crippen molar-refractivity contribution in [2.45, 2.75) is 38.0 Å². The van der Waals surface area contributed by atoms with E-state index >= 15 is 0 Å². The van der Waals surface area contributed by atoms with Crippen LogP contribution in [0.25, 0.3) is 0 Å². The van der Waals surface area contributed by atoms with Crippen molar-refractivity contribution in [3.8, 4) is 6.07 Å². The highest BCUT2D eigenvalue weighted by atomic mass is 32.2. The Balaban J connectivity index is 1.50. The molecule has 0 spiro atoms. The molecule has 0 aromatic heterocycles. The lowest BCUT2D eigenvalue weighted by molar-refractivity contribution is -0.131. The van der Waals surface area contributed by atoms with Gasteiger partial charge in [-0.1, -0.05) is 37.3 Å². The average Bonchev–Trinajstić information content (AvgIpc) is 2.83. The van der Waals surface area contributed by atoms with Crippen LogP contribution in [0.2, 0.25) is 0 Å². The molecule has 1 aliphatic heterocycles. The zero-order chi connectivity index (χ0) is 22.1. The number of piperidine rings is 1. The molecule has 0 radical (unpaired) electrons. The molecule has 2 aromatic rings. The molecule has 3 rings (SSSR count). The highest BCUT2D eigenvalue weighted by molar-refractivity contribution is 7.99. The first kappa shape index (κ1) is 22.9. The van der Waals surface area contributed by atoms with Crippen molar-refractivity contribution in [2.24, 2.45) is 0 Å². The zero-order valence-corrected chi connectivity index (χ0v) is 18.8. The quantitative estimate of drug-likeness (QED) is 0.619. The number of hydrogen-bond donors (Lipinski definition) is 0. The van der Waals surface area contributed by atoms with Crippen molar-refractivity contribution >= 4 is 23.6 Å². The SMILES string of the molecule is CCCN(C(=O)CSCc1ccc(C#N)cc1)C1CCN(C(=O)c2ccccc2)CC1. The van der Waals surface area contributed by atoms with E-state index in [9.17, 15) is 9.59 Å². The Labute approximate surface area is 189 Å². The summed E-state index contributed by atoms with van der Waals surface area (Å²) in [6.07, 6.45) is 2.57. The Morgan fingerprint density at radius 3 is 2.39 bits per heavy atom. The van der Waals surface area contributed by atoms with Crippen molar-refractivity contribution < 1.29 is 9.59 Å². The fourth-order valence-corrected chi connectivity index (χ4v) is 4.78. The van der Waals surface area contributed by atoms with E-state index in [0.29, 0.717) is 24.4 Å². The molecule has 0 aliphatic carbocycles. The van der Waals surface area contributed by atoms with Gasteiger partial charge in [-0.3, -0.25) is 9.59 Å². The maximum Gasteiger partial charge on any atom is 0.253 e. The molecule has 2 aromatic carbocycles. The largest absolute Gasteiger partial charge is 0.339 e. The van der Waals surface area contributed by atoms with Crippen LogP contribution in [0.1, 0.15) is 47.7 Å². The molecule has 31 heavy (non-hydrogen) atoms. The van der Waals surface area contributed by atoms with Gasteiger partial charge < -0.3 is 9.80 Å². The van der Waals surface area contributed by atoms with Crippen LogP contribution in [-0.2, 0) is 10.5 Å². The summed E-state index contributed by atoms with van der Waals surface area (Å²) in [4.78, 5) is 29.5. The lowest BCUT2D eigenvalue weighted by atomic mass is 10.0. The third kappa shape index (κ3) is 6.35. The van der Waals surface area contributed by atoms with Crippen LogP contribution in [0.3, 0.4) is 0 Å². The molecule has 0 atom stereocenters. The third-order valence-corrected chi connectivity index (χ3v) is 6.56. The van der Waals surface area contributed by atoms with Gasteiger partial charge in [0.05, 0.1) is 17.4 Å². The Kier molecular flexibility index (Phi) is 8.54. The average molecular weight is 436 g/mol. The minimum atomic E-state index is 0.0744. The van der Waals surface area contributed by atoms with Crippen molar-refractivity contribution in [1.29, 1.82) is 5.26 Å². The molecule has 162 valence electrons. The van der Waals surface area contributed by atoms with Crippen LogP contribution in [0.5, 0.6) is 0 Å². The van der Waals surface area contributed by atoms with Gasteiger partial charge in [0, 0.05) is 37.0 Å². The summed E-state index contributed by atoms with van der Waals surface area (Å²) in [5.74, 6) is 1.45. The van der Waals surface area contributed by atoms with E-state index < -0.39 is 0 Å². The number of hydrogen-bond acceptors (Lipinski definition) is 4. The van der Waals surface area contributed by atoms with Gasteiger partial charge in [-0.15, -0.1) is 11.8 Å². The predicted octanol–water partition coefficient (Wildman–Crippen LogP) is 4.33. The van der Waals surface area contributed by atoms with Crippen LogP contribution >= 0.6 is 11.8 Å². The molecule has 5 nitrogen and oxygen atoms in total. The smallest absolute Gasteiger partial charge is 0.253 e. The van der Waals surface area contributed by atoms with Crippen LogP contribution in [0.4, 0.5) is 0 Å². The molecule has 1 fully saturated rings. The maximum absolute atomic E-state index is 12.9. The first-order chi connectivity index (χ1) is 15.1. The fourth-order valence-electron chi connectivity index (χ4n) is 3.91. The van der Waals surface area contributed by atoms with Crippen LogP contribution < -0.4 is 0 Å². The van der Waals surface area contributed by atoms with Crippen molar-refractivity contribution in [1.82, 2.24) is 9.80 Å². The summed E-state index contributed by atoms with van der Waals surface area (Å²) in [7, 11) is 0. The minimum absolute atomic E-state index is 0.0744. The molecule has 1 heterocycles. The minimum Gasteiger partial charge on any atom is -0.339 e. The Hall–Kier alpha value is -2.78. The number of carbonyl (C=O) groups excluding carboxylic acids is 2. The van der Waals surface area contributed by atoms with E-state index in [-0.39, 0.29) is 17.9 Å². The summed E-state index contributed by atoms with van der Waals surface area (Å²) in [5, 5.41) is 8.89. The molecule has 0 saturated carbocycles. The Morgan fingerprint density at radius 2 is 1.77 bits per heavy atom. The third-order valence-electron chi connectivity index (χ3n) is 5.58. The van der Waals surface area contributed by atoms with E-state index in [1.807, 2.05) is 64.4 Å². The van der Waals surface area contributed by atoms with Crippen LogP contribution in [0.15, 0.2) is 54.6 Å². The van der Waals surface area contributed by atoms with Crippen LogP contribution in [-0.4, -0.2) is 53.0 Å². The summed E-state index contributed by atoms with van der Waals surface area (Å²) < 4.78 is 0. The van der Waals surface area contributed by atoms with Gasteiger partial charge in [0.25, 0.3) is 5.91 Å². The topological polar surface area (TPSA) is 64.4 Å². The number of likely N-dealkylation sites (tertiary alicyclic amines) is 1. The highest BCUT2D eigenvalue weighted by Gasteiger charge is 2.29. The molecule has 2 amide bonds. The first-order valence-electron chi connectivity index (χ1n) is 10.8. The molecular weight excluding hydrogens is 406 g/mol. The second-order valence-corrected chi connectivity index (χ2v) is 8.76. The van der Waals surface area contributed by atoms with Crippen LogP contribution in [0, 0.1) is 11.3 Å². The van der Waals surface area contributed by atoms with E-state index in [2.05, 4.69) is 13.0 Å². The molecule has 6 heteroatoms. The monoisotopic (exact) mass is 435 g/mol. The number of nitrogens with zero attached hydrogens (tertiary/aromatic N) is 3. The molecule has 0 bridgehead atoms. The van der Waals surface area contributed by atoms with Gasteiger partial charge in [0.1, 0.15) is 0 Å². The van der Waals surface area contributed by atoms with Gasteiger partial charge >= 0.3 is 0 Å². The molecular formula is C25H29N3O2S. The number of rotatable bonds is 8. The molecule has 1 saturated heterocycles. The summed E-state index contributed by atoms with van der Waals surface area (Å²) >= 11 is 1.61. The molecule has 0 N–H and O–H groups in total. The number of benzene rings is 2. The Bertz CT molecular complexity index is 901. The molecule has 1 aliphatic rings. The lowest BCUT2D eigenvalue weighted by Gasteiger charge is -2.38. The maximum atomic E-state index is 12.9. The molecule has 0 unspecified atom stereocenters. The zero-order valence-electron chi connectivity index (χ0n) is 18.0. The van der Waals surface area contributed by atoms with E-state index in [1.54, 1.807) is 11.8 Å². The first-order valence-corrected chi connectivity index (χ1v) is 12.0.